The average Bonchev–Trinajstić information content (AvgIpc) is 2.63. The molecule has 10 heteroatoms. The van der Waals surface area contributed by atoms with Crippen LogP contribution < -0.4 is 10.2 Å². The van der Waals surface area contributed by atoms with E-state index in [9.17, 15) is 18.0 Å². The van der Waals surface area contributed by atoms with Crippen LogP contribution in [-0.2, 0) is 10.9 Å². The molecule has 0 bridgehead atoms. The van der Waals surface area contributed by atoms with Gasteiger partial charge in [-0.1, -0.05) is 11.6 Å². The number of rotatable bonds is 3. The molecule has 0 atom stereocenters. The molecule has 1 N–H and O–H groups in total. The number of amides is 1. The van der Waals surface area contributed by atoms with Gasteiger partial charge in [-0.3, -0.25) is 4.79 Å². The molecule has 0 aliphatic carbocycles. The van der Waals surface area contributed by atoms with Gasteiger partial charge in [0.2, 0.25) is 5.95 Å². The third kappa shape index (κ3) is 4.23. The van der Waals surface area contributed by atoms with E-state index >= 15 is 0 Å². The number of morpholine rings is 1. The summed E-state index contributed by atoms with van der Waals surface area (Å²) in [5, 5.41) is 1.95. The van der Waals surface area contributed by atoms with Gasteiger partial charge in [-0.15, -0.1) is 0 Å². The second kappa shape index (κ2) is 7.46. The minimum Gasteiger partial charge on any atom is -0.378 e. The van der Waals surface area contributed by atoms with Gasteiger partial charge >= 0.3 is 6.18 Å². The maximum absolute atomic E-state index is 12.9. The fraction of sp³-hybridized carbons (Fsp3) is 0.312. The Bertz CT molecular complexity index is 793. The molecule has 0 saturated carbocycles. The van der Waals surface area contributed by atoms with Crippen molar-refractivity contribution in [3.8, 4) is 0 Å². The standard InChI is InChI=1S/C16H14ClF3N4O2/c17-13-2-1-11(7-12(13)16(18,19)20)23-14(25)10-8-21-15(22-9-10)24-3-5-26-6-4-24/h1-2,7-9H,3-6H2,(H,23,25). The van der Waals surface area contributed by atoms with Crippen LogP contribution in [0.4, 0.5) is 24.8 Å². The van der Waals surface area contributed by atoms with Crippen LogP contribution in [0.1, 0.15) is 15.9 Å². The van der Waals surface area contributed by atoms with E-state index in [-0.39, 0.29) is 11.3 Å². The topological polar surface area (TPSA) is 67.4 Å². The van der Waals surface area contributed by atoms with Gasteiger partial charge in [0, 0.05) is 31.2 Å². The van der Waals surface area contributed by atoms with Crippen molar-refractivity contribution in [1.82, 2.24) is 9.97 Å². The Kier molecular flexibility index (Phi) is 5.28. The molecule has 2 heterocycles. The molecule has 1 saturated heterocycles. The van der Waals surface area contributed by atoms with Gasteiger partial charge in [-0.2, -0.15) is 13.2 Å². The number of carbonyl (C=O) groups is 1. The third-order valence-electron chi connectivity index (χ3n) is 3.72. The monoisotopic (exact) mass is 386 g/mol. The first-order valence-corrected chi connectivity index (χ1v) is 8.05. The molecule has 2 aromatic rings. The van der Waals surface area contributed by atoms with Crippen LogP contribution in [0.3, 0.4) is 0 Å². The largest absolute Gasteiger partial charge is 0.417 e. The van der Waals surface area contributed by atoms with Crippen molar-refractivity contribution in [3.63, 3.8) is 0 Å². The highest BCUT2D eigenvalue weighted by Gasteiger charge is 2.33. The maximum atomic E-state index is 12.9. The van der Waals surface area contributed by atoms with E-state index in [1.165, 1.54) is 18.5 Å². The molecule has 6 nitrogen and oxygen atoms in total. The van der Waals surface area contributed by atoms with Gasteiger partial charge in [-0.25, -0.2) is 9.97 Å². The normalized spacial score (nSPS) is 15.0. The van der Waals surface area contributed by atoms with Crippen LogP contribution in [0.25, 0.3) is 0 Å². The summed E-state index contributed by atoms with van der Waals surface area (Å²) < 4.78 is 43.9. The number of carbonyl (C=O) groups excluding carboxylic acids is 1. The van der Waals surface area contributed by atoms with Crippen molar-refractivity contribution in [3.05, 3.63) is 46.7 Å². The third-order valence-corrected chi connectivity index (χ3v) is 4.05. The Balaban J connectivity index is 1.72. The molecule has 3 rings (SSSR count). The van der Waals surface area contributed by atoms with Crippen molar-refractivity contribution in [2.75, 3.05) is 36.5 Å². The number of anilines is 2. The van der Waals surface area contributed by atoms with Crippen molar-refractivity contribution < 1.29 is 22.7 Å². The maximum Gasteiger partial charge on any atom is 0.417 e. The summed E-state index contributed by atoms with van der Waals surface area (Å²) in [6.45, 7) is 2.44. The van der Waals surface area contributed by atoms with Gasteiger partial charge in [0.1, 0.15) is 0 Å². The molecule has 1 aliphatic heterocycles. The van der Waals surface area contributed by atoms with Crippen LogP contribution in [-0.4, -0.2) is 42.2 Å². The number of ether oxygens (including phenoxy) is 1. The van der Waals surface area contributed by atoms with E-state index in [1.807, 2.05) is 4.90 Å². The zero-order valence-electron chi connectivity index (χ0n) is 13.4. The molecular weight excluding hydrogens is 373 g/mol. The van der Waals surface area contributed by atoms with Crippen LogP contribution in [0, 0.1) is 0 Å². The van der Waals surface area contributed by atoms with E-state index in [4.69, 9.17) is 16.3 Å². The fourth-order valence-corrected chi connectivity index (χ4v) is 2.61. The minimum absolute atomic E-state index is 0.0241. The summed E-state index contributed by atoms with van der Waals surface area (Å²) in [7, 11) is 0. The zero-order valence-corrected chi connectivity index (χ0v) is 14.1. The molecule has 1 aliphatic rings. The highest BCUT2D eigenvalue weighted by atomic mass is 35.5. The summed E-state index contributed by atoms with van der Waals surface area (Å²) in [6, 6.07) is 3.15. The number of nitrogens with one attached hydrogen (secondary N) is 1. The molecule has 138 valence electrons. The second-order valence-corrected chi connectivity index (χ2v) is 5.92. The van der Waals surface area contributed by atoms with E-state index in [2.05, 4.69) is 15.3 Å². The molecule has 0 unspecified atom stereocenters. The first-order valence-electron chi connectivity index (χ1n) is 7.67. The summed E-state index contributed by atoms with van der Waals surface area (Å²) >= 11 is 5.56. The molecule has 1 fully saturated rings. The number of hydrogen-bond donors (Lipinski definition) is 1. The number of aromatic nitrogens is 2. The predicted molar refractivity (Wildman–Crippen MR) is 89.5 cm³/mol. The predicted octanol–water partition coefficient (Wildman–Crippen LogP) is 3.24. The quantitative estimate of drug-likeness (QED) is 0.877. The Labute approximate surface area is 151 Å². The van der Waals surface area contributed by atoms with Crippen LogP contribution >= 0.6 is 11.6 Å². The fourth-order valence-electron chi connectivity index (χ4n) is 2.39. The second-order valence-electron chi connectivity index (χ2n) is 5.52. The van der Waals surface area contributed by atoms with E-state index in [0.717, 1.165) is 12.1 Å². The van der Waals surface area contributed by atoms with Gasteiger partial charge in [0.25, 0.3) is 5.91 Å². The molecule has 1 amide bonds. The number of benzene rings is 1. The molecule has 1 aromatic heterocycles. The highest BCUT2D eigenvalue weighted by molar-refractivity contribution is 6.31. The average molecular weight is 387 g/mol. The Hall–Kier alpha value is -2.39. The van der Waals surface area contributed by atoms with Crippen molar-refractivity contribution in [2.24, 2.45) is 0 Å². The first kappa shape index (κ1) is 18.4. The summed E-state index contributed by atoms with van der Waals surface area (Å²) in [4.78, 5) is 22.4. The van der Waals surface area contributed by atoms with Crippen molar-refractivity contribution in [1.29, 1.82) is 0 Å². The molecule has 0 spiro atoms. The van der Waals surface area contributed by atoms with Crippen molar-refractivity contribution in [2.45, 2.75) is 6.18 Å². The molecular formula is C16H14ClF3N4O2. The number of hydrogen-bond acceptors (Lipinski definition) is 5. The summed E-state index contributed by atoms with van der Waals surface area (Å²) in [5.74, 6) is -0.148. The number of halogens is 4. The lowest BCUT2D eigenvalue weighted by molar-refractivity contribution is -0.137. The Morgan fingerprint density at radius 2 is 1.85 bits per heavy atom. The zero-order chi connectivity index (χ0) is 18.7. The Morgan fingerprint density at radius 3 is 2.46 bits per heavy atom. The molecule has 26 heavy (non-hydrogen) atoms. The lowest BCUT2D eigenvalue weighted by Crippen LogP contribution is -2.37. The molecule has 1 aromatic carbocycles. The molecule has 0 radical (unpaired) electrons. The number of alkyl halides is 3. The van der Waals surface area contributed by atoms with Gasteiger partial charge < -0.3 is 15.0 Å². The van der Waals surface area contributed by atoms with Crippen LogP contribution in [0.5, 0.6) is 0 Å². The highest BCUT2D eigenvalue weighted by Crippen LogP contribution is 2.36. The summed E-state index contributed by atoms with van der Waals surface area (Å²) in [5.41, 5.74) is -0.912. The first-order chi connectivity index (χ1) is 12.3. The van der Waals surface area contributed by atoms with E-state index in [1.54, 1.807) is 0 Å². The lowest BCUT2D eigenvalue weighted by Gasteiger charge is -2.26. The van der Waals surface area contributed by atoms with E-state index < -0.39 is 22.7 Å². The van der Waals surface area contributed by atoms with Gasteiger partial charge in [-0.05, 0) is 18.2 Å². The number of nitrogens with zero attached hydrogens (tertiary/aromatic N) is 3. The SMILES string of the molecule is O=C(Nc1ccc(Cl)c(C(F)(F)F)c1)c1cnc(N2CCOCC2)nc1. The van der Waals surface area contributed by atoms with Crippen LogP contribution in [0.15, 0.2) is 30.6 Å². The van der Waals surface area contributed by atoms with Gasteiger partial charge in [0.15, 0.2) is 0 Å². The van der Waals surface area contributed by atoms with E-state index in [0.29, 0.717) is 32.3 Å². The summed E-state index contributed by atoms with van der Waals surface area (Å²) in [6.07, 6.45) is -1.96. The minimum atomic E-state index is -4.61. The van der Waals surface area contributed by atoms with Gasteiger partial charge in [0.05, 0.1) is 29.4 Å². The Morgan fingerprint density at radius 1 is 1.19 bits per heavy atom. The lowest BCUT2D eigenvalue weighted by atomic mass is 10.2. The van der Waals surface area contributed by atoms with Crippen LogP contribution in [0.2, 0.25) is 5.02 Å². The van der Waals surface area contributed by atoms with Crippen molar-refractivity contribution >= 4 is 29.1 Å². The smallest absolute Gasteiger partial charge is 0.378 e.